The van der Waals surface area contributed by atoms with E-state index in [-0.39, 0.29) is 17.3 Å². The second kappa shape index (κ2) is 9.12. The fourth-order valence-corrected chi connectivity index (χ4v) is 5.08. The molecule has 1 amide bonds. The van der Waals surface area contributed by atoms with E-state index in [0.29, 0.717) is 10.7 Å². The fraction of sp³-hybridized carbons (Fsp3) is 0.100. The maximum absolute atomic E-state index is 12.8. The number of nitrogens with one attached hydrogen (secondary N) is 1. The van der Waals surface area contributed by atoms with Crippen molar-refractivity contribution in [2.75, 3.05) is 16.8 Å². The van der Waals surface area contributed by atoms with Crippen molar-refractivity contribution in [2.24, 2.45) is 0 Å². The molecule has 3 nitrogen and oxygen atoms in total. The molecule has 0 aliphatic carbocycles. The molecule has 2 aromatic rings. The van der Waals surface area contributed by atoms with Crippen LogP contribution in [0.25, 0.3) is 6.08 Å². The zero-order valence-electron chi connectivity index (χ0n) is 13.8. The Labute approximate surface area is 165 Å². The Hall–Kier alpha value is -1.95. The first-order chi connectivity index (χ1) is 12.6. The molecule has 1 fully saturated rings. The maximum Gasteiger partial charge on any atom is 0.261 e. The SMILES string of the molecule is O=C(/C=C/c1ccccc1Cl)C(C(=O)Nc1ccccc1)=C1SCCS1. The summed E-state index contributed by atoms with van der Waals surface area (Å²) in [6, 6.07) is 16.4. The number of para-hydroxylation sites is 1. The van der Waals surface area contributed by atoms with E-state index in [2.05, 4.69) is 5.32 Å². The number of hydrogen-bond acceptors (Lipinski definition) is 4. The molecule has 0 aromatic heterocycles. The lowest BCUT2D eigenvalue weighted by molar-refractivity contribution is -0.117. The second-order valence-electron chi connectivity index (χ2n) is 5.40. The number of thioether (sulfide) groups is 2. The minimum Gasteiger partial charge on any atom is -0.322 e. The standard InChI is InChI=1S/C20H16ClNO2S2/c21-16-9-5-4-6-14(16)10-11-17(23)18(20-25-12-13-26-20)19(24)22-15-7-2-1-3-8-15/h1-11H,12-13H2,(H,22,24)/b11-10+. The van der Waals surface area contributed by atoms with E-state index in [9.17, 15) is 9.59 Å². The van der Waals surface area contributed by atoms with Gasteiger partial charge in [0.2, 0.25) is 0 Å². The number of ketones is 1. The summed E-state index contributed by atoms with van der Waals surface area (Å²) in [6.45, 7) is 0. The largest absolute Gasteiger partial charge is 0.322 e. The number of hydrogen-bond donors (Lipinski definition) is 1. The lowest BCUT2D eigenvalue weighted by atomic mass is 10.1. The van der Waals surface area contributed by atoms with E-state index in [1.807, 2.05) is 36.4 Å². The number of rotatable bonds is 5. The van der Waals surface area contributed by atoms with Crippen molar-refractivity contribution in [3.8, 4) is 0 Å². The van der Waals surface area contributed by atoms with Gasteiger partial charge in [-0.2, -0.15) is 0 Å². The van der Waals surface area contributed by atoms with Gasteiger partial charge in [0.25, 0.3) is 5.91 Å². The Kier molecular flexibility index (Phi) is 6.61. The molecule has 1 aliphatic heterocycles. The minimum atomic E-state index is -0.387. The lowest BCUT2D eigenvalue weighted by Crippen LogP contribution is -2.20. The zero-order chi connectivity index (χ0) is 18.4. The van der Waals surface area contributed by atoms with E-state index in [4.69, 9.17) is 11.6 Å². The minimum absolute atomic E-state index is 0.185. The van der Waals surface area contributed by atoms with Gasteiger partial charge in [0, 0.05) is 22.2 Å². The Balaban J connectivity index is 1.85. The summed E-state index contributed by atoms with van der Waals surface area (Å²) in [5, 5.41) is 3.36. The molecule has 0 radical (unpaired) electrons. The molecule has 1 N–H and O–H groups in total. The molecule has 0 bridgehead atoms. The number of halogens is 1. The van der Waals surface area contributed by atoms with Crippen LogP contribution in [0.3, 0.4) is 0 Å². The van der Waals surface area contributed by atoms with Crippen LogP contribution in [-0.4, -0.2) is 23.2 Å². The normalized spacial score (nSPS) is 13.8. The Morgan fingerprint density at radius 2 is 1.62 bits per heavy atom. The zero-order valence-corrected chi connectivity index (χ0v) is 16.2. The molecule has 6 heteroatoms. The quantitative estimate of drug-likeness (QED) is 0.422. The summed E-state index contributed by atoms with van der Waals surface area (Å²) in [4.78, 5) is 25.5. The van der Waals surface area contributed by atoms with Crippen molar-refractivity contribution >= 4 is 58.6 Å². The van der Waals surface area contributed by atoms with Gasteiger partial charge in [-0.15, -0.1) is 23.5 Å². The van der Waals surface area contributed by atoms with Gasteiger partial charge in [-0.25, -0.2) is 0 Å². The molecule has 0 saturated carbocycles. The van der Waals surface area contributed by atoms with Gasteiger partial charge in [0.15, 0.2) is 5.78 Å². The highest BCUT2D eigenvalue weighted by Gasteiger charge is 2.25. The van der Waals surface area contributed by atoms with E-state index in [1.165, 1.54) is 6.08 Å². The highest BCUT2D eigenvalue weighted by atomic mass is 35.5. The van der Waals surface area contributed by atoms with Crippen LogP contribution >= 0.6 is 35.1 Å². The van der Waals surface area contributed by atoms with Gasteiger partial charge in [-0.05, 0) is 35.9 Å². The highest BCUT2D eigenvalue weighted by Crippen LogP contribution is 2.39. The molecule has 0 spiro atoms. The summed E-state index contributed by atoms with van der Waals surface area (Å²) in [5.74, 6) is 1.07. The van der Waals surface area contributed by atoms with Gasteiger partial charge >= 0.3 is 0 Å². The monoisotopic (exact) mass is 401 g/mol. The summed E-state index contributed by atoms with van der Waals surface area (Å²) in [7, 11) is 0. The molecular weight excluding hydrogens is 386 g/mol. The third-order valence-corrected chi connectivity index (χ3v) is 6.64. The first kappa shape index (κ1) is 18.8. The number of benzene rings is 2. The van der Waals surface area contributed by atoms with E-state index in [0.717, 1.165) is 21.3 Å². The highest BCUT2D eigenvalue weighted by molar-refractivity contribution is 8.25. The number of carbonyl (C=O) groups excluding carboxylic acids is 2. The predicted octanol–water partition coefficient (Wildman–Crippen LogP) is 5.25. The first-order valence-corrected chi connectivity index (χ1v) is 10.3. The van der Waals surface area contributed by atoms with Gasteiger partial charge in [0.05, 0.1) is 4.24 Å². The van der Waals surface area contributed by atoms with E-state index in [1.54, 1.807) is 47.8 Å². The van der Waals surface area contributed by atoms with Crippen LogP contribution in [0.1, 0.15) is 5.56 Å². The Morgan fingerprint density at radius 1 is 0.962 bits per heavy atom. The molecular formula is C20H16ClNO2S2. The summed E-state index contributed by atoms with van der Waals surface area (Å²) >= 11 is 9.21. The molecule has 26 heavy (non-hydrogen) atoms. The topological polar surface area (TPSA) is 46.2 Å². The molecule has 1 saturated heterocycles. The molecule has 3 rings (SSSR count). The smallest absolute Gasteiger partial charge is 0.261 e. The maximum atomic E-state index is 12.8. The van der Waals surface area contributed by atoms with Crippen LogP contribution in [0.2, 0.25) is 5.02 Å². The summed E-state index contributed by atoms with van der Waals surface area (Å²) in [6.07, 6.45) is 3.05. The number of anilines is 1. The van der Waals surface area contributed by atoms with Crippen LogP contribution in [0.5, 0.6) is 0 Å². The third kappa shape index (κ3) is 4.81. The van der Waals surface area contributed by atoms with E-state index < -0.39 is 0 Å². The van der Waals surface area contributed by atoms with Crippen molar-refractivity contribution in [1.82, 2.24) is 0 Å². The molecule has 132 valence electrons. The van der Waals surface area contributed by atoms with Gasteiger partial charge in [-0.1, -0.05) is 48.0 Å². The van der Waals surface area contributed by atoms with Crippen molar-refractivity contribution < 1.29 is 9.59 Å². The van der Waals surface area contributed by atoms with Crippen LogP contribution in [-0.2, 0) is 9.59 Å². The van der Waals surface area contributed by atoms with Crippen LogP contribution in [0.4, 0.5) is 5.69 Å². The first-order valence-electron chi connectivity index (χ1n) is 7.98. The van der Waals surface area contributed by atoms with Crippen LogP contribution in [0, 0.1) is 0 Å². The van der Waals surface area contributed by atoms with Gasteiger partial charge < -0.3 is 5.32 Å². The average molecular weight is 402 g/mol. The van der Waals surface area contributed by atoms with E-state index >= 15 is 0 Å². The summed E-state index contributed by atoms with van der Waals surface area (Å²) < 4.78 is 0.771. The molecule has 1 aliphatic rings. The van der Waals surface area contributed by atoms with Crippen LogP contribution in [0.15, 0.2) is 70.5 Å². The molecule has 2 aromatic carbocycles. The van der Waals surface area contributed by atoms with Crippen molar-refractivity contribution in [3.05, 3.63) is 81.1 Å². The van der Waals surface area contributed by atoms with Gasteiger partial charge in [-0.3, -0.25) is 9.59 Å². The average Bonchev–Trinajstić information content (AvgIpc) is 3.16. The molecule has 1 heterocycles. The number of allylic oxidation sites excluding steroid dienone is 1. The number of amides is 1. The Bertz CT molecular complexity index is 870. The van der Waals surface area contributed by atoms with Crippen LogP contribution < -0.4 is 5.32 Å². The van der Waals surface area contributed by atoms with Crippen molar-refractivity contribution in [3.63, 3.8) is 0 Å². The van der Waals surface area contributed by atoms with Crippen molar-refractivity contribution in [2.45, 2.75) is 0 Å². The fourth-order valence-electron chi connectivity index (χ4n) is 2.33. The number of carbonyl (C=O) groups is 2. The summed E-state index contributed by atoms with van der Waals surface area (Å²) in [5.41, 5.74) is 1.58. The molecule has 0 unspecified atom stereocenters. The Morgan fingerprint density at radius 3 is 2.31 bits per heavy atom. The van der Waals surface area contributed by atoms with Gasteiger partial charge in [0.1, 0.15) is 5.57 Å². The predicted molar refractivity (Wildman–Crippen MR) is 113 cm³/mol. The van der Waals surface area contributed by atoms with Crippen molar-refractivity contribution in [1.29, 1.82) is 0 Å². The molecule has 0 atom stereocenters. The third-order valence-electron chi connectivity index (χ3n) is 3.58. The second-order valence-corrected chi connectivity index (χ2v) is 8.27. The lowest BCUT2D eigenvalue weighted by Gasteiger charge is -2.09.